The highest BCUT2D eigenvalue weighted by Crippen LogP contribution is 2.35. The third-order valence-corrected chi connectivity index (χ3v) is 4.52. The maximum absolute atomic E-state index is 11.1. The zero-order valence-corrected chi connectivity index (χ0v) is 12.4. The van der Waals surface area contributed by atoms with Crippen LogP contribution in [0, 0.1) is 13.8 Å². The van der Waals surface area contributed by atoms with Gasteiger partial charge in [-0.15, -0.1) is 11.3 Å². The van der Waals surface area contributed by atoms with Gasteiger partial charge in [0.15, 0.2) is 0 Å². The van der Waals surface area contributed by atoms with Gasteiger partial charge in [-0.2, -0.15) is 0 Å². The fourth-order valence-electron chi connectivity index (χ4n) is 2.31. The summed E-state index contributed by atoms with van der Waals surface area (Å²) < 4.78 is 0. The van der Waals surface area contributed by atoms with Crippen LogP contribution in [0.25, 0.3) is 21.3 Å². The molecule has 3 rings (SSSR count). The fraction of sp³-hybridized carbons (Fsp3) is 0.125. The standard InChI is InChI=1S/C16H13NO3S/c1-8-3-4-12-10(5-8)6-11(7-13(12)18)15-17-9(2)14(21-15)16(19)20/h3-7,18H,1-2H3,(H,19,20). The molecule has 0 aliphatic rings. The first-order chi connectivity index (χ1) is 9.95. The van der Waals surface area contributed by atoms with Crippen molar-refractivity contribution in [1.29, 1.82) is 0 Å². The average molecular weight is 299 g/mol. The van der Waals surface area contributed by atoms with Gasteiger partial charge in [-0.3, -0.25) is 0 Å². The SMILES string of the molecule is Cc1ccc2c(O)cc(-c3nc(C)c(C(=O)O)s3)cc2c1. The Labute approximate surface area is 125 Å². The van der Waals surface area contributed by atoms with Crippen LogP contribution in [0.3, 0.4) is 0 Å². The molecule has 0 saturated carbocycles. The van der Waals surface area contributed by atoms with Gasteiger partial charge in [-0.05, 0) is 31.4 Å². The van der Waals surface area contributed by atoms with Gasteiger partial charge >= 0.3 is 5.97 Å². The van der Waals surface area contributed by atoms with E-state index in [0.717, 1.165) is 33.2 Å². The second kappa shape index (κ2) is 4.86. The summed E-state index contributed by atoms with van der Waals surface area (Å²) in [6.45, 7) is 3.66. The average Bonchev–Trinajstić information content (AvgIpc) is 2.80. The minimum atomic E-state index is -0.975. The van der Waals surface area contributed by atoms with Crippen molar-refractivity contribution in [3.8, 4) is 16.3 Å². The van der Waals surface area contributed by atoms with Crippen molar-refractivity contribution >= 4 is 28.1 Å². The second-order valence-electron chi connectivity index (χ2n) is 4.96. The molecule has 2 aromatic carbocycles. The summed E-state index contributed by atoms with van der Waals surface area (Å²) in [5, 5.41) is 21.5. The molecule has 0 aliphatic carbocycles. The molecule has 21 heavy (non-hydrogen) atoms. The van der Waals surface area contributed by atoms with E-state index in [1.54, 1.807) is 13.0 Å². The molecule has 0 radical (unpaired) electrons. The molecule has 3 aromatic rings. The minimum absolute atomic E-state index is 0.173. The number of hydrogen-bond donors (Lipinski definition) is 2. The number of aromatic carboxylic acids is 1. The monoisotopic (exact) mass is 299 g/mol. The van der Waals surface area contributed by atoms with Crippen LogP contribution >= 0.6 is 11.3 Å². The first-order valence-electron chi connectivity index (χ1n) is 6.40. The Morgan fingerprint density at radius 2 is 1.95 bits per heavy atom. The third kappa shape index (κ3) is 2.36. The van der Waals surface area contributed by atoms with Crippen LogP contribution < -0.4 is 0 Å². The van der Waals surface area contributed by atoms with Crippen LogP contribution in [-0.2, 0) is 0 Å². The molecular formula is C16H13NO3S. The van der Waals surface area contributed by atoms with E-state index in [9.17, 15) is 9.90 Å². The number of aromatic hydroxyl groups is 1. The Bertz CT molecular complexity index is 867. The summed E-state index contributed by atoms with van der Waals surface area (Å²) in [5.41, 5.74) is 2.32. The largest absolute Gasteiger partial charge is 0.507 e. The van der Waals surface area contributed by atoms with Crippen molar-refractivity contribution in [2.45, 2.75) is 13.8 Å². The summed E-state index contributed by atoms with van der Waals surface area (Å²) in [5.74, 6) is -0.802. The van der Waals surface area contributed by atoms with E-state index in [1.165, 1.54) is 0 Å². The highest BCUT2D eigenvalue weighted by molar-refractivity contribution is 7.17. The van der Waals surface area contributed by atoms with Crippen LogP contribution in [0.5, 0.6) is 5.75 Å². The molecule has 0 fully saturated rings. The van der Waals surface area contributed by atoms with Crippen LogP contribution in [0.4, 0.5) is 0 Å². The molecular weight excluding hydrogens is 286 g/mol. The smallest absolute Gasteiger partial charge is 0.347 e. The van der Waals surface area contributed by atoms with Crippen LogP contribution in [0.15, 0.2) is 30.3 Å². The summed E-state index contributed by atoms with van der Waals surface area (Å²) in [6, 6.07) is 9.35. The molecule has 2 N–H and O–H groups in total. The van der Waals surface area contributed by atoms with E-state index in [0.29, 0.717) is 10.7 Å². The molecule has 1 aromatic heterocycles. The predicted molar refractivity (Wildman–Crippen MR) is 83.2 cm³/mol. The van der Waals surface area contributed by atoms with Crippen molar-refractivity contribution in [3.05, 3.63) is 46.5 Å². The summed E-state index contributed by atoms with van der Waals surface area (Å²) in [6.07, 6.45) is 0. The number of carbonyl (C=O) groups is 1. The lowest BCUT2D eigenvalue weighted by atomic mass is 10.0. The Balaban J connectivity index is 2.21. The molecule has 0 aliphatic heterocycles. The van der Waals surface area contributed by atoms with Crippen molar-refractivity contribution < 1.29 is 15.0 Å². The second-order valence-corrected chi connectivity index (χ2v) is 5.96. The number of carboxylic acids is 1. The molecule has 5 heteroatoms. The first-order valence-corrected chi connectivity index (χ1v) is 7.22. The van der Waals surface area contributed by atoms with Gasteiger partial charge in [-0.25, -0.2) is 9.78 Å². The highest BCUT2D eigenvalue weighted by Gasteiger charge is 2.16. The summed E-state index contributed by atoms with van der Waals surface area (Å²) >= 11 is 1.12. The van der Waals surface area contributed by atoms with Gasteiger partial charge in [-0.1, -0.05) is 23.8 Å². The lowest BCUT2D eigenvalue weighted by Gasteiger charge is -2.05. The number of fused-ring (bicyclic) bond motifs is 1. The van der Waals surface area contributed by atoms with Crippen molar-refractivity contribution in [1.82, 2.24) is 4.98 Å². The predicted octanol–water partition coefficient (Wildman–Crippen LogP) is 3.98. The first kappa shape index (κ1) is 13.6. The third-order valence-electron chi connectivity index (χ3n) is 3.32. The van der Waals surface area contributed by atoms with E-state index < -0.39 is 5.97 Å². The summed E-state index contributed by atoms with van der Waals surface area (Å²) in [4.78, 5) is 15.6. The maximum Gasteiger partial charge on any atom is 0.347 e. The maximum atomic E-state index is 11.1. The van der Waals surface area contributed by atoms with Crippen LogP contribution in [0.1, 0.15) is 20.9 Å². The Kier molecular flexibility index (Phi) is 3.14. The normalized spacial score (nSPS) is 11.0. The van der Waals surface area contributed by atoms with Crippen molar-refractivity contribution in [2.75, 3.05) is 0 Å². The van der Waals surface area contributed by atoms with Crippen LogP contribution in [0.2, 0.25) is 0 Å². The zero-order chi connectivity index (χ0) is 15.1. The van der Waals surface area contributed by atoms with Gasteiger partial charge in [0, 0.05) is 10.9 Å². The Hall–Kier alpha value is -2.40. The van der Waals surface area contributed by atoms with E-state index in [-0.39, 0.29) is 10.6 Å². The lowest BCUT2D eigenvalue weighted by molar-refractivity contribution is 0.0701. The zero-order valence-electron chi connectivity index (χ0n) is 11.5. The number of aromatic nitrogens is 1. The molecule has 4 nitrogen and oxygen atoms in total. The van der Waals surface area contributed by atoms with Crippen molar-refractivity contribution in [3.63, 3.8) is 0 Å². The van der Waals surface area contributed by atoms with Gasteiger partial charge in [0.2, 0.25) is 0 Å². The number of thiazole rings is 1. The summed E-state index contributed by atoms with van der Waals surface area (Å²) in [7, 11) is 0. The fourth-order valence-corrected chi connectivity index (χ4v) is 3.20. The molecule has 106 valence electrons. The number of phenols is 1. The molecule has 0 spiro atoms. The van der Waals surface area contributed by atoms with Gasteiger partial charge in [0.25, 0.3) is 0 Å². The van der Waals surface area contributed by atoms with Crippen molar-refractivity contribution in [2.24, 2.45) is 0 Å². The quantitative estimate of drug-likeness (QED) is 0.750. The molecule has 0 saturated heterocycles. The number of hydrogen-bond acceptors (Lipinski definition) is 4. The molecule has 0 atom stereocenters. The molecule has 0 amide bonds. The van der Waals surface area contributed by atoms with E-state index in [4.69, 9.17) is 5.11 Å². The molecule has 0 bridgehead atoms. The van der Waals surface area contributed by atoms with E-state index >= 15 is 0 Å². The van der Waals surface area contributed by atoms with E-state index in [1.807, 2.05) is 31.2 Å². The minimum Gasteiger partial charge on any atom is -0.507 e. The molecule has 0 unspecified atom stereocenters. The number of aryl methyl sites for hydroxylation is 2. The topological polar surface area (TPSA) is 70.4 Å². The van der Waals surface area contributed by atoms with Gasteiger partial charge in [0.1, 0.15) is 15.6 Å². The van der Waals surface area contributed by atoms with E-state index in [2.05, 4.69) is 4.98 Å². The Morgan fingerprint density at radius 3 is 2.62 bits per heavy atom. The highest BCUT2D eigenvalue weighted by atomic mass is 32.1. The lowest BCUT2D eigenvalue weighted by Crippen LogP contribution is -1.94. The Morgan fingerprint density at radius 1 is 1.19 bits per heavy atom. The van der Waals surface area contributed by atoms with Gasteiger partial charge < -0.3 is 10.2 Å². The number of phenolic OH excluding ortho intramolecular Hbond substituents is 1. The molecule has 1 heterocycles. The number of rotatable bonds is 2. The number of benzene rings is 2. The number of nitrogens with zero attached hydrogens (tertiary/aromatic N) is 1. The van der Waals surface area contributed by atoms with Gasteiger partial charge in [0.05, 0.1) is 5.69 Å². The van der Waals surface area contributed by atoms with Crippen LogP contribution in [-0.4, -0.2) is 21.2 Å². The number of carboxylic acid groups (broad SMARTS) is 1.